The standard InChI is InChI=1S/C14H29NO3S/c1-2-3-5-16-7-9-18-10-8-17-6-4-13-11-19-12-14(13)15/h13-14H,2-12,15H2,1H3. The first-order chi connectivity index (χ1) is 9.34. The molecule has 2 N–H and O–H groups in total. The highest BCUT2D eigenvalue weighted by Crippen LogP contribution is 2.25. The molecule has 0 saturated carbocycles. The third-order valence-corrected chi connectivity index (χ3v) is 4.55. The van der Waals surface area contributed by atoms with Crippen LogP contribution in [-0.2, 0) is 14.2 Å². The number of hydrogen-bond donors (Lipinski definition) is 1. The lowest BCUT2D eigenvalue weighted by molar-refractivity contribution is 0.0120. The summed E-state index contributed by atoms with van der Waals surface area (Å²) in [5.41, 5.74) is 5.99. The van der Waals surface area contributed by atoms with E-state index in [0.29, 0.717) is 38.4 Å². The molecule has 114 valence electrons. The Morgan fingerprint density at radius 3 is 2.16 bits per heavy atom. The maximum absolute atomic E-state index is 5.99. The first-order valence-electron chi connectivity index (χ1n) is 7.41. The van der Waals surface area contributed by atoms with E-state index in [2.05, 4.69) is 6.92 Å². The second-order valence-corrected chi connectivity index (χ2v) is 6.02. The van der Waals surface area contributed by atoms with Crippen molar-refractivity contribution in [1.82, 2.24) is 0 Å². The van der Waals surface area contributed by atoms with Gasteiger partial charge in [0.25, 0.3) is 0 Å². The van der Waals surface area contributed by atoms with Gasteiger partial charge in [0.2, 0.25) is 0 Å². The minimum absolute atomic E-state index is 0.366. The molecular formula is C14H29NO3S. The van der Waals surface area contributed by atoms with Crippen molar-refractivity contribution >= 4 is 11.8 Å². The predicted molar refractivity (Wildman–Crippen MR) is 80.8 cm³/mol. The quantitative estimate of drug-likeness (QED) is 0.557. The molecule has 1 rings (SSSR count). The number of thioether (sulfide) groups is 1. The van der Waals surface area contributed by atoms with Crippen molar-refractivity contribution in [2.24, 2.45) is 11.7 Å². The number of ether oxygens (including phenoxy) is 3. The zero-order valence-corrected chi connectivity index (χ0v) is 13.0. The van der Waals surface area contributed by atoms with Gasteiger partial charge >= 0.3 is 0 Å². The lowest BCUT2D eigenvalue weighted by atomic mass is 10.0. The van der Waals surface area contributed by atoms with Crippen LogP contribution in [0.25, 0.3) is 0 Å². The molecule has 1 aliphatic rings. The van der Waals surface area contributed by atoms with E-state index in [0.717, 1.165) is 31.8 Å². The summed E-state index contributed by atoms with van der Waals surface area (Å²) in [6.45, 7) is 6.48. The van der Waals surface area contributed by atoms with Crippen LogP contribution in [0.4, 0.5) is 0 Å². The first kappa shape index (κ1) is 17.2. The van der Waals surface area contributed by atoms with Crippen LogP contribution in [0.1, 0.15) is 26.2 Å². The van der Waals surface area contributed by atoms with Gasteiger partial charge < -0.3 is 19.9 Å². The highest BCUT2D eigenvalue weighted by Gasteiger charge is 2.23. The van der Waals surface area contributed by atoms with Crippen molar-refractivity contribution in [3.05, 3.63) is 0 Å². The topological polar surface area (TPSA) is 53.7 Å². The molecular weight excluding hydrogens is 262 g/mol. The highest BCUT2D eigenvalue weighted by atomic mass is 32.2. The number of rotatable bonds is 12. The molecule has 0 aromatic rings. The van der Waals surface area contributed by atoms with E-state index in [4.69, 9.17) is 19.9 Å². The van der Waals surface area contributed by atoms with Gasteiger partial charge in [0.05, 0.1) is 26.4 Å². The molecule has 0 aromatic heterocycles. The lowest BCUT2D eigenvalue weighted by Gasteiger charge is -2.14. The van der Waals surface area contributed by atoms with Crippen molar-refractivity contribution in [1.29, 1.82) is 0 Å². The van der Waals surface area contributed by atoms with Crippen LogP contribution in [0.2, 0.25) is 0 Å². The summed E-state index contributed by atoms with van der Waals surface area (Å²) in [6, 6.07) is 0.366. The second kappa shape index (κ2) is 12.0. The predicted octanol–water partition coefficient (Wildman–Crippen LogP) is 1.92. The number of hydrogen-bond acceptors (Lipinski definition) is 5. The van der Waals surface area contributed by atoms with Crippen molar-refractivity contribution in [3.8, 4) is 0 Å². The normalized spacial score (nSPS) is 23.1. The summed E-state index contributed by atoms with van der Waals surface area (Å²) in [5.74, 6) is 2.93. The molecule has 2 unspecified atom stereocenters. The summed E-state index contributed by atoms with van der Waals surface area (Å²) in [4.78, 5) is 0. The Labute approximate surface area is 121 Å². The zero-order chi connectivity index (χ0) is 13.8. The smallest absolute Gasteiger partial charge is 0.0701 e. The largest absolute Gasteiger partial charge is 0.379 e. The van der Waals surface area contributed by atoms with E-state index in [9.17, 15) is 0 Å². The fraction of sp³-hybridized carbons (Fsp3) is 1.00. The van der Waals surface area contributed by atoms with E-state index in [-0.39, 0.29) is 0 Å². The zero-order valence-electron chi connectivity index (χ0n) is 12.1. The molecule has 0 bridgehead atoms. The number of unbranched alkanes of at least 4 members (excludes halogenated alkanes) is 1. The summed E-state index contributed by atoms with van der Waals surface area (Å²) in [5, 5.41) is 0. The van der Waals surface area contributed by atoms with Gasteiger partial charge in [0.1, 0.15) is 0 Å². The van der Waals surface area contributed by atoms with Gasteiger partial charge in [-0.25, -0.2) is 0 Å². The summed E-state index contributed by atoms with van der Waals surface area (Å²) < 4.78 is 16.4. The lowest BCUT2D eigenvalue weighted by Crippen LogP contribution is -2.29. The minimum Gasteiger partial charge on any atom is -0.379 e. The molecule has 0 amide bonds. The molecule has 0 aromatic carbocycles. The third kappa shape index (κ3) is 8.87. The molecule has 19 heavy (non-hydrogen) atoms. The third-order valence-electron chi connectivity index (χ3n) is 3.27. The maximum atomic E-state index is 5.99. The maximum Gasteiger partial charge on any atom is 0.0701 e. The molecule has 1 aliphatic heterocycles. The molecule has 5 heteroatoms. The average Bonchev–Trinajstić information content (AvgIpc) is 2.82. The van der Waals surface area contributed by atoms with Crippen LogP contribution in [0.15, 0.2) is 0 Å². The van der Waals surface area contributed by atoms with Crippen LogP contribution < -0.4 is 5.73 Å². The van der Waals surface area contributed by atoms with Crippen molar-refractivity contribution < 1.29 is 14.2 Å². The Hall–Kier alpha value is 0.190. The average molecular weight is 291 g/mol. The van der Waals surface area contributed by atoms with Crippen LogP contribution in [0.5, 0.6) is 0 Å². The minimum atomic E-state index is 0.366. The molecule has 4 nitrogen and oxygen atoms in total. The Morgan fingerprint density at radius 1 is 0.947 bits per heavy atom. The summed E-state index contributed by atoms with van der Waals surface area (Å²) in [6.07, 6.45) is 3.39. The fourth-order valence-electron chi connectivity index (χ4n) is 1.94. The van der Waals surface area contributed by atoms with Gasteiger partial charge in [0.15, 0.2) is 0 Å². The van der Waals surface area contributed by atoms with Gasteiger partial charge in [0, 0.05) is 25.0 Å². The highest BCUT2D eigenvalue weighted by molar-refractivity contribution is 7.99. The van der Waals surface area contributed by atoms with Crippen molar-refractivity contribution in [3.63, 3.8) is 0 Å². The molecule has 2 atom stereocenters. The fourth-order valence-corrected chi connectivity index (χ4v) is 3.33. The van der Waals surface area contributed by atoms with E-state index < -0.39 is 0 Å². The van der Waals surface area contributed by atoms with Gasteiger partial charge in [-0.15, -0.1) is 0 Å². The van der Waals surface area contributed by atoms with Gasteiger partial charge in [-0.05, 0) is 24.5 Å². The van der Waals surface area contributed by atoms with E-state index >= 15 is 0 Å². The molecule has 0 aliphatic carbocycles. The van der Waals surface area contributed by atoms with Crippen LogP contribution >= 0.6 is 11.8 Å². The van der Waals surface area contributed by atoms with Gasteiger partial charge in [-0.1, -0.05) is 13.3 Å². The van der Waals surface area contributed by atoms with Crippen LogP contribution in [0.3, 0.4) is 0 Å². The Kier molecular flexibility index (Phi) is 10.9. The Morgan fingerprint density at radius 2 is 1.58 bits per heavy atom. The number of nitrogens with two attached hydrogens (primary N) is 1. The van der Waals surface area contributed by atoms with Crippen molar-refractivity contribution in [2.75, 3.05) is 51.1 Å². The summed E-state index contributed by atoms with van der Waals surface area (Å²) >= 11 is 1.95. The SMILES string of the molecule is CCCCOCCOCCOCCC1CSCC1N. The second-order valence-electron chi connectivity index (χ2n) is 4.94. The van der Waals surface area contributed by atoms with Crippen LogP contribution in [-0.4, -0.2) is 57.2 Å². The molecule has 0 radical (unpaired) electrons. The van der Waals surface area contributed by atoms with Gasteiger partial charge in [-0.2, -0.15) is 11.8 Å². The Bertz CT molecular complexity index is 207. The van der Waals surface area contributed by atoms with Crippen LogP contribution in [0, 0.1) is 5.92 Å². The summed E-state index contributed by atoms with van der Waals surface area (Å²) in [7, 11) is 0. The van der Waals surface area contributed by atoms with Crippen molar-refractivity contribution in [2.45, 2.75) is 32.2 Å². The van der Waals surface area contributed by atoms with E-state index in [1.165, 1.54) is 12.2 Å². The first-order valence-corrected chi connectivity index (χ1v) is 8.56. The molecule has 1 saturated heterocycles. The molecule has 1 heterocycles. The molecule has 0 spiro atoms. The van der Waals surface area contributed by atoms with Gasteiger partial charge in [-0.3, -0.25) is 0 Å². The Balaban J connectivity index is 1.74. The van der Waals surface area contributed by atoms with E-state index in [1.54, 1.807) is 0 Å². The van der Waals surface area contributed by atoms with E-state index in [1.807, 2.05) is 11.8 Å². The molecule has 1 fully saturated rings. The monoisotopic (exact) mass is 291 g/mol.